The van der Waals surface area contributed by atoms with Gasteiger partial charge in [0, 0.05) is 18.2 Å². The van der Waals surface area contributed by atoms with Crippen molar-refractivity contribution in [3.8, 4) is 0 Å². The molecule has 1 saturated carbocycles. The van der Waals surface area contributed by atoms with Crippen LogP contribution in [0.25, 0.3) is 0 Å². The minimum absolute atomic E-state index is 0.111. The SMILES string of the molecule is CCOC(=O)c1[nH]c(C)c(CCC(=O)NC2CCCCCC2)c1C. The lowest BCUT2D eigenvalue weighted by molar-refractivity contribution is -0.121. The van der Waals surface area contributed by atoms with Crippen molar-refractivity contribution < 1.29 is 14.3 Å². The zero-order valence-corrected chi connectivity index (χ0v) is 15.2. The van der Waals surface area contributed by atoms with E-state index in [0.29, 0.717) is 31.2 Å². The van der Waals surface area contributed by atoms with E-state index >= 15 is 0 Å². The van der Waals surface area contributed by atoms with Gasteiger partial charge in [0.2, 0.25) is 5.91 Å². The van der Waals surface area contributed by atoms with E-state index in [-0.39, 0.29) is 11.9 Å². The number of esters is 1. The predicted molar refractivity (Wildman–Crippen MR) is 94.2 cm³/mol. The molecule has 0 aromatic carbocycles. The maximum atomic E-state index is 12.2. The standard InChI is InChI=1S/C19H30N2O3/c1-4-24-19(23)18-13(2)16(14(3)20-18)11-12-17(22)21-15-9-7-5-6-8-10-15/h15,20H,4-12H2,1-3H3,(H,21,22). The Morgan fingerprint density at radius 1 is 1.17 bits per heavy atom. The number of rotatable bonds is 6. The molecule has 5 nitrogen and oxygen atoms in total. The van der Waals surface area contributed by atoms with Crippen LogP contribution in [0.3, 0.4) is 0 Å². The summed E-state index contributed by atoms with van der Waals surface area (Å²) in [6, 6.07) is 0.337. The first-order valence-corrected chi connectivity index (χ1v) is 9.17. The van der Waals surface area contributed by atoms with Gasteiger partial charge in [-0.2, -0.15) is 0 Å². The molecule has 2 rings (SSSR count). The van der Waals surface area contributed by atoms with Crippen LogP contribution in [0.4, 0.5) is 0 Å². The molecule has 0 unspecified atom stereocenters. The summed E-state index contributed by atoms with van der Waals surface area (Å²) >= 11 is 0. The number of carbonyl (C=O) groups excluding carboxylic acids is 2. The molecule has 1 amide bonds. The van der Waals surface area contributed by atoms with E-state index in [4.69, 9.17) is 4.74 Å². The lowest BCUT2D eigenvalue weighted by Crippen LogP contribution is -2.34. The third-order valence-electron chi connectivity index (χ3n) is 4.89. The van der Waals surface area contributed by atoms with Gasteiger partial charge in [-0.05, 0) is 51.2 Å². The van der Waals surface area contributed by atoms with Crippen LogP contribution in [-0.4, -0.2) is 29.5 Å². The van der Waals surface area contributed by atoms with Gasteiger partial charge in [-0.25, -0.2) is 4.79 Å². The van der Waals surface area contributed by atoms with Gasteiger partial charge >= 0.3 is 5.97 Å². The quantitative estimate of drug-likeness (QED) is 0.617. The van der Waals surface area contributed by atoms with Gasteiger partial charge in [-0.1, -0.05) is 25.7 Å². The molecule has 1 aliphatic rings. The number of nitrogens with one attached hydrogen (secondary N) is 2. The summed E-state index contributed by atoms with van der Waals surface area (Å²) in [7, 11) is 0. The van der Waals surface area contributed by atoms with Gasteiger partial charge in [0.15, 0.2) is 0 Å². The largest absolute Gasteiger partial charge is 0.461 e. The number of hydrogen-bond acceptors (Lipinski definition) is 3. The smallest absolute Gasteiger partial charge is 0.355 e. The molecule has 1 aromatic rings. The highest BCUT2D eigenvalue weighted by Gasteiger charge is 2.19. The van der Waals surface area contributed by atoms with Crippen molar-refractivity contribution in [3.63, 3.8) is 0 Å². The third kappa shape index (κ3) is 4.86. The highest BCUT2D eigenvalue weighted by molar-refractivity contribution is 5.90. The average molecular weight is 334 g/mol. The summed E-state index contributed by atoms with van der Waals surface area (Å²) in [5.74, 6) is -0.216. The molecule has 1 fully saturated rings. The Balaban J connectivity index is 1.91. The molecule has 0 atom stereocenters. The van der Waals surface area contributed by atoms with Gasteiger partial charge in [0.1, 0.15) is 5.69 Å². The Morgan fingerprint density at radius 2 is 1.83 bits per heavy atom. The summed E-state index contributed by atoms with van der Waals surface area (Å²) < 4.78 is 5.07. The fraction of sp³-hybridized carbons (Fsp3) is 0.684. The lowest BCUT2D eigenvalue weighted by Gasteiger charge is -2.16. The summed E-state index contributed by atoms with van der Waals surface area (Å²) in [5, 5.41) is 3.18. The number of carbonyl (C=O) groups is 2. The minimum atomic E-state index is -0.327. The van der Waals surface area contributed by atoms with Gasteiger partial charge in [0.25, 0.3) is 0 Å². The molecule has 24 heavy (non-hydrogen) atoms. The highest BCUT2D eigenvalue weighted by atomic mass is 16.5. The number of hydrogen-bond donors (Lipinski definition) is 2. The molecule has 0 radical (unpaired) electrons. The number of amides is 1. The van der Waals surface area contributed by atoms with Crippen molar-refractivity contribution in [2.24, 2.45) is 0 Å². The molecule has 0 bridgehead atoms. The summed E-state index contributed by atoms with van der Waals surface area (Å²) in [5.41, 5.74) is 3.40. The van der Waals surface area contributed by atoms with E-state index in [1.165, 1.54) is 25.7 Å². The second-order valence-electron chi connectivity index (χ2n) is 6.71. The Hall–Kier alpha value is -1.78. The Morgan fingerprint density at radius 3 is 2.46 bits per heavy atom. The minimum Gasteiger partial charge on any atom is -0.461 e. The topological polar surface area (TPSA) is 71.2 Å². The Bertz CT molecular complexity index is 569. The Kier molecular flexibility index (Phi) is 6.88. The monoisotopic (exact) mass is 334 g/mol. The van der Waals surface area contributed by atoms with Crippen LogP contribution in [0.5, 0.6) is 0 Å². The number of aryl methyl sites for hydroxylation is 1. The zero-order chi connectivity index (χ0) is 17.5. The van der Waals surface area contributed by atoms with Gasteiger partial charge in [-0.3, -0.25) is 4.79 Å². The molecular formula is C19H30N2O3. The van der Waals surface area contributed by atoms with E-state index < -0.39 is 0 Å². The molecule has 134 valence electrons. The van der Waals surface area contributed by atoms with Crippen LogP contribution in [0.1, 0.15) is 79.2 Å². The maximum absolute atomic E-state index is 12.2. The van der Waals surface area contributed by atoms with Gasteiger partial charge in [-0.15, -0.1) is 0 Å². The number of aromatic amines is 1. The lowest BCUT2D eigenvalue weighted by atomic mass is 10.0. The molecule has 1 aromatic heterocycles. The second kappa shape index (κ2) is 8.90. The van der Waals surface area contributed by atoms with E-state index in [2.05, 4.69) is 10.3 Å². The molecule has 1 heterocycles. The summed E-state index contributed by atoms with van der Waals surface area (Å²) in [6.45, 7) is 6.00. The maximum Gasteiger partial charge on any atom is 0.355 e. The van der Waals surface area contributed by atoms with Crippen molar-refractivity contribution in [2.75, 3.05) is 6.61 Å². The van der Waals surface area contributed by atoms with E-state index in [0.717, 1.165) is 29.7 Å². The molecule has 0 aliphatic heterocycles. The van der Waals surface area contributed by atoms with Crippen LogP contribution >= 0.6 is 0 Å². The molecule has 0 saturated heterocycles. The van der Waals surface area contributed by atoms with E-state index in [1.54, 1.807) is 6.92 Å². The molecule has 1 aliphatic carbocycles. The Labute approximate surface area is 144 Å². The van der Waals surface area contributed by atoms with Crippen molar-refractivity contribution in [2.45, 2.75) is 78.2 Å². The fourth-order valence-electron chi connectivity index (χ4n) is 3.53. The predicted octanol–water partition coefficient (Wildman–Crippen LogP) is 3.58. The first-order chi connectivity index (χ1) is 11.5. The zero-order valence-electron chi connectivity index (χ0n) is 15.2. The molecule has 5 heteroatoms. The summed E-state index contributed by atoms with van der Waals surface area (Å²) in [4.78, 5) is 27.3. The second-order valence-corrected chi connectivity index (χ2v) is 6.71. The van der Waals surface area contributed by atoms with Crippen LogP contribution in [0.2, 0.25) is 0 Å². The average Bonchev–Trinajstić information content (AvgIpc) is 2.71. The number of aromatic nitrogens is 1. The highest BCUT2D eigenvalue weighted by Crippen LogP contribution is 2.21. The van der Waals surface area contributed by atoms with Crippen LogP contribution in [0, 0.1) is 13.8 Å². The molecule has 0 spiro atoms. The number of ether oxygens (including phenoxy) is 1. The first kappa shape index (κ1) is 18.6. The third-order valence-corrected chi connectivity index (χ3v) is 4.89. The fourth-order valence-corrected chi connectivity index (χ4v) is 3.53. The van der Waals surface area contributed by atoms with Crippen LogP contribution in [-0.2, 0) is 16.0 Å². The normalized spacial score (nSPS) is 15.8. The van der Waals surface area contributed by atoms with Crippen molar-refractivity contribution in [1.29, 1.82) is 0 Å². The van der Waals surface area contributed by atoms with Crippen LogP contribution in [0.15, 0.2) is 0 Å². The van der Waals surface area contributed by atoms with Gasteiger partial charge in [0.05, 0.1) is 6.61 Å². The molecule has 2 N–H and O–H groups in total. The van der Waals surface area contributed by atoms with Crippen LogP contribution < -0.4 is 5.32 Å². The van der Waals surface area contributed by atoms with Crippen molar-refractivity contribution >= 4 is 11.9 Å². The summed E-state index contributed by atoms with van der Waals surface area (Å²) in [6.07, 6.45) is 8.29. The van der Waals surface area contributed by atoms with Crippen molar-refractivity contribution in [3.05, 3.63) is 22.5 Å². The van der Waals surface area contributed by atoms with E-state index in [9.17, 15) is 9.59 Å². The van der Waals surface area contributed by atoms with Gasteiger partial charge < -0.3 is 15.0 Å². The first-order valence-electron chi connectivity index (χ1n) is 9.17. The van der Waals surface area contributed by atoms with E-state index in [1.807, 2.05) is 13.8 Å². The number of H-pyrrole nitrogens is 1. The van der Waals surface area contributed by atoms with Crippen molar-refractivity contribution in [1.82, 2.24) is 10.3 Å². The molecular weight excluding hydrogens is 304 g/mol.